The Bertz CT molecular complexity index is 533. The molecule has 0 bridgehead atoms. The van der Waals surface area contributed by atoms with Gasteiger partial charge in [-0.25, -0.2) is 4.79 Å². The fourth-order valence-electron chi connectivity index (χ4n) is 2.43. The van der Waals surface area contributed by atoms with Gasteiger partial charge in [0.05, 0.1) is 11.7 Å². The molecule has 1 aliphatic heterocycles. The highest BCUT2D eigenvalue weighted by Crippen LogP contribution is 2.31. The van der Waals surface area contributed by atoms with Gasteiger partial charge in [-0.05, 0) is 46.1 Å². The number of aromatic amines is 1. The summed E-state index contributed by atoms with van der Waals surface area (Å²) in [7, 11) is 0. The van der Waals surface area contributed by atoms with E-state index in [9.17, 15) is 9.59 Å². The van der Waals surface area contributed by atoms with E-state index in [1.807, 2.05) is 20.8 Å². The SMILES string of the molecule is CC(C)(C)OC(=O)N1CCCCC1c1cc(C(N)=O)n[nH]1. The van der Waals surface area contributed by atoms with Crippen LogP contribution in [0, 0.1) is 0 Å². The Morgan fingerprint density at radius 2 is 2.14 bits per heavy atom. The van der Waals surface area contributed by atoms with Gasteiger partial charge in [-0.2, -0.15) is 5.10 Å². The molecule has 1 saturated heterocycles. The fourth-order valence-corrected chi connectivity index (χ4v) is 2.43. The average molecular weight is 294 g/mol. The number of ether oxygens (including phenoxy) is 1. The molecule has 0 spiro atoms. The van der Waals surface area contributed by atoms with Crippen molar-refractivity contribution in [2.24, 2.45) is 5.73 Å². The van der Waals surface area contributed by atoms with Gasteiger partial charge in [0.25, 0.3) is 5.91 Å². The van der Waals surface area contributed by atoms with E-state index in [1.165, 1.54) is 0 Å². The zero-order valence-electron chi connectivity index (χ0n) is 12.7. The third-order valence-corrected chi connectivity index (χ3v) is 3.34. The average Bonchev–Trinajstić information content (AvgIpc) is 2.86. The van der Waals surface area contributed by atoms with Crippen molar-refractivity contribution in [3.8, 4) is 0 Å². The normalized spacial score (nSPS) is 19.4. The number of likely N-dealkylation sites (tertiary alicyclic amines) is 1. The molecule has 7 heteroatoms. The van der Waals surface area contributed by atoms with Gasteiger partial charge in [0.2, 0.25) is 0 Å². The third-order valence-electron chi connectivity index (χ3n) is 3.34. The Labute approximate surface area is 123 Å². The molecule has 2 rings (SSSR count). The molecule has 2 amide bonds. The minimum atomic E-state index is -0.586. The zero-order valence-corrected chi connectivity index (χ0v) is 12.7. The van der Waals surface area contributed by atoms with E-state index in [0.717, 1.165) is 19.3 Å². The van der Waals surface area contributed by atoms with Crippen LogP contribution in [0.3, 0.4) is 0 Å². The number of hydrogen-bond acceptors (Lipinski definition) is 4. The van der Waals surface area contributed by atoms with Gasteiger partial charge in [0.1, 0.15) is 11.3 Å². The summed E-state index contributed by atoms with van der Waals surface area (Å²) in [5.74, 6) is -0.586. The second-order valence-corrected chi connectivity index (χ2v) is 6.26. The van der Waals surface area contributed by atoms with Crippen LogP contribution in [0.25, 0.3) is 0 Å². The van der Waals surface area contributed by atoms with Crippen molar-refractivity contribution in [1.29, 1.82) is 0 Å². The Morgan fingerprint density at radius 3 is 2.71 bits per heavy atom. The summed E-state index contributed by atoms with van der Waals surface area (Å²) in [6.45, 7) is 6.15. The van der Waals surface area contributed by atoms with Crippen LogP contribution in [-0.4, -0.2) is 39.2 Å². The summed E-state index contributed by atoms with van der Waals surface area (Å²) in [5, 5.41) is 6.69. The molecule has 0 radical (unpaired) electrons. The number of hydrogen-bond donors (Lipinski definition) is 2. The smallest absolute Gasteiger partial charge is 0.410 e. The van der Waals surface area contributed by atoms with Gasteiger partial charge in [0.15, 0.2) is 0 Å². The Balaban J connectivity index is 2.18. The van der Waals surface area contributed by atoms with Gasteiger partial charge >= 0.3 is 6.09 Å². The maximum absolute atomic E-state index is 12.3. The van der Waals surface area contributed by atoms with Crippen LogP contribution in [0.4, 0.5) is 4.79 Å². The molecule has 0 saturated carbocycles. The molecule has 1 aliphatic rings. The van der Waals surface area contributed by atoms with Crippen molar-refractivity contribution in [1.82, 2.24) is 15.1 Å². The predicted octanol–water partition coefficient (Wildman–Crippen LogP) is 1.97. The third kappa shape index (κ3) is 3.74. The number of carbonyl (C=O) groups excluding carboxylic acids is 2. The molecule has 1 aromatic rings. The fraction of sp³-hybridized carbons (Fsp3) is 0.643. The number of primary amides is 1. The second-order valence-electron chi connectivity index (χ2n) is 6.26. The van der Waals surface area contributed by atoms with Gasteiger partial charge in [-0.1, -0.05) is 0 Å². The lowest BCUT2D eigenvalue weighted by Crippen LogP contribution is -2.42. The molecule has 1 atom stereocenters. The summed E-state index contributed by atoms with van der Waals surface area (Å²) < 4.78 is 5.44. The minimum Gasteiger partial charge on any atom is -0.444 e. The largest absolute Gasteiger partial charge is 0.444 e. The van der Waals surface area contributed by atoms with Gasteiger partial charge in [-0.3, -0.25) is 14.8 Å². The molecular weight excluding hydrogens is 272 g/mol. The highest BCUT2D eigenvalue weighted by molar-refractivity contribution is 5.90. The van der Waals surface area contributed by atoms with Crippen LogP contribution >= 0.6 is 0 Å². The lowest BCUT2D eigenvalue weighted by Gasteiger charge is -2.36. The maximum atomic E-state index is 12.3. The van der Waals surface area contributed by atoms with Gasteiger partial charge in [0, 0.05) is 6.54 Å². The van der Waals surface area contributed by atoms with Crippen molar-refractivity contribution in [2.45, 2.75) is 51.7 Å². The highest BCUT2D eigenvalue weighted by atomic mass is 16.6. The summed E-state index contributed by atoms with van der Waals surface area (Å²) in [5.41, 5.74) is 5.57. The molecule has 1 fully saturated rings. The number of nitrogens with two attached hydrogens (primary N) is 1. The monoisotopic (exact) mass is 294 g/mol. The number of nitrogens with one attached hydrogen (secondary N) is 1. The van der Waals surface area contributed by atoms with Crippen LogP contribution in [0.1, 0.15) is 62.3 Å². The summed E-state index contributed by atoms with van der Waals surface area (Å²) in [6, 6.07) is 1.45. The van der Waals surface area contributed by atoms with E-state index < -0.39 is 11.5 Å². The molecule has 3 N–H and O–H groups in total. The van der Waals surface area contributed by atoms with Crippen molar-refractivity contribution in [3.63, 3.8) is 0 Å². The van der Waals surface area contributed by atoms with Gasteiger partial charge < -0.3 is 10.5 Å². The first-order chi connectivity index (χ1) is 9.78. The number of aromatic nitrogens is 2. The summed E-state index contributed by atoms with van der Waals surface area (Å²) in [6.07, 6.45) is 2.41. The maximum Gasteiger partial charge on any atom is 0.410 e. The van der Waals surface area contributed by atoms with Crippen molar-refractivity contribution < 1.29 is 14.3 Å². The topological polar surface area (TPSA) is 101 Å². The Hall–Kier alpha value is -2.05. The first kappa shape index (κ1) is 15.3. The van der Waals surface area contributed by atoms with Crippen LogP contribution in [0.2, 0.25) is 0 Å². The predicted molar refractivity (Wildman–Crippen MR) is 76.6 cm³/mol. The standard InChI is InChI=1S/C14H22N4O3/c1-14(2,3)21-13(20)18-7-5-4-6-11(18)9-8-10(12(15)19)17-16-9/h8,11H,4-7H2,1-3H3,(H2,15,19)(H,16,17). The molecule has 0 aromatic carbocycles. The molecule has 2 heterocycles. The van der Waals surface area contributed by atoms with Crippen molar-refractivity contribution in [3.05, 3.63) is 17.5 Å². The zero-order chi connectivity index (χ0) is 15.6. The van der Waals surface area contributed by atoms with Crippen LogP contribution in [0.5, 0.6) is 0 Å². The number of nitrogens with zero attached hydrogens (tertiary/aromatic N) is 2. The van der Waals surface area contributed by atoms with E-state index in [0.29, 0.717) is 12.2 Å². The van der Waals surface area contributed by atoms with E-state index in [2.05, 4.69) is 10.2 Å². The van der Waals surface area contributed by atoms with Gasteiger partial charge in [-0.15, -0.1) is 0 Å². The van der Waals surface area contributed by atoms with Crippen LogP contribution in [0.15, 0.2) is 6.07 Å². The van der Waals surface area contributed by atoms with Crippen LogP contribution in [-0.2, 0) is 4.74 Å². The molecule has 7 nitrogen and oxygen atoms in total. The number of piperidine rings is 1. The molecule has 1 aromatic heterocycles. The Kier molecular flexibility index (Phi) is 4.20. The van der Waals surface area contributed by atoms with E-state index in [4.69, 9.17) is 10.5 Å². The number of amides is 2. The van der Waals surface area contributed by atoms with Crippen molar-refractivity contribution in [2.75, 3.05) is 6.54 Å². The second kappa shape index (κ2) is 5.75. The number of carbonyl (C=O) groups is 2. The molecule has 116 valence electrons. The molecule has 21 heavy (non-hydrogen) atoms. The number of H-pyrrole nitrogens is 1. The first-order valence-electron chi connectivity index (χ1n) is 7.12. The lowest BCUT2D eigenvalue weighted by molar-refractivity contribution is 0.00900. The first-order valence-corrected chi connectivity index (χ1v) is 7.12. The van der Waals surface area contributed by atoms with Crippen molar-refractivity contribution >= 4 is 12.0 Å². The molecule has 0 aliphatic carbocycles. The summed E-state index contributed by atoms with van der Waals surface area (Å²) >= 11 is 0. The van der Waals surface area contributed by atoms with E-state index >= 15 is 0 Å². The minimum absolute atomic E-state index is 0.158. The lowest BCUT2D eigenvalue weighted by atomic mass is 9.99. The number of rotatable bonds is 2. The highest BCUT2D eigenvalue weighted by Gasteiger charge is 2.32. The van der Waals surface area contributed by atoms with E-state index in [1.54, 1.807) is 11.0 Å². The van der Waals surface area contributed by atoms with E-state index in [-0.39, 0.29) is 17.8 Å². The summed E-state index contributed by atoms with van der Waals surface area (Å²) in [4.78, 5) is 25.1. The Morgan fingerprint density at radius 1 is 1.43 bits per heavy atom. The quantitative estimate of drug-likeness (QED) is 0.870. The van der Waals surface area contributed by atoms with Crippen LogP contribution < -0.4 is 5.73 Å². The molecule has 1 unspecified atom stereocenters. The molecular formula is C14H22N4O3.